The highest BCUT2D eigenvalue weighted by atomic mass is 16.5. The van der Waals surface area contributed by atoms with Gasteiger partial charge in [-0.25, -0.2) is 0 Å². The van der Waals surface area contributed by atoms with Crippen molar-refractivity contribution >= 4 is 5.91 Å². The van der Waals surface area contributed by atoms with Crippen LogP contribution in [0.25, 0.3) is 0 Å². The van der Waals surface area contributed by atoms with Gasteiger partial charge in [0.25, 0.3) is 0 Å². The third kappa shape index (κ3) is 3.70. The highest BCUT2D eigenvalue weighted by Crippen LogP contribution is 2.22. The number of carbonyl (C=O) groups is 1. The van der Waals surface area contributed by atoms with E-state index in [1.165, 1.54) is 0 Å². The number of benzene rings is 1. The van der Waals surface area contributed by atoms with Crippen molar-refractivity contribution in [2.45, 2.75) is 32.4 Å². The van der Waals surface area contributed by atoms with Gasteiger partial charge in [-0.1, -0.05) is 12.1 Å². The summed E-state index contributed by atoms with van der Waals surface area (Å²) in [6.45, 7) is 5.62. The maximum atomic E-state index is 11.9. The Labute approximate surface area is 114 Å². The normalized spacial score (nSPS) is 20.5. The van der Waals surface area contributed by atoms with Crippen molar-refractivity contribution in [2.75, 3.05) is 20.1 Å². The Bertz CT molecular complexity index is 428. The van der Waals surface area contributed by atoms with Gasteiger partial charge >= 0.3 is 0 Å². The molecule has 0 saturated carbocycles. The topological polar surface area (TPSA) is 41.6 Å². The lowest BCUT2D eigenvalue weighted by atomic mass is 10.0. The third-order valence-electron chi connectivity index (χ3n) is 3.30. The van der Waals surface area contributed by atoms with Crippen molar-refractivity contribution in [2.24, 2.45) is 0 Å². The van der Waals surface area contributed by atoms with Gasteiger partial charge in [-0.15, -0.1) is 0 Å². The van der Waals surface area contributed by atoms with Gasteiger partial charge in [0.05, 0.1) is 6.10 Å². The van der Waals surface area contributed by atoms with Crippen LogP contribution in [0.3, 0.4) is 0 Å². The molecule has 0 bridgehead atoms. The van der Waals surface area contributed by atoms with Crippen LogP contribution in [0, 0.1) is 0 Å². The lowest BCUT2D eigenvalue weighted by Gasteiger charge is -2.16. The molecule has 1 aliphatic heterocycles. The highest BCUT2D eigenvalue weighted by Gasteiger charge is 2.21. The number of rotatable bonds is 3. The second-order valence-corrected chi connectivity index (χ2v) is 5.26. The average molecular weight is 262 g/mol. The zero-order valence-electron chi connectivity index (χ0n) is 11.8. The van der Waals surface area contributed by atoms with E-state index in [0.29, 0.717) is 6.42 Å². The summed E-state index contributed by atoms with van der Waals surface area (Å²) in [5.41, 5.74) is 1.14. The molecule has 0 radical (unpaired) electrons. The minimum Gasteiger partial charge on any atom is -0.491 e. The number of carbonyl (C=O) groups excluding carboxylic acids is 1. The fourth-order valence-corrected chi connectivity index (χ4v) is 2.22. The number of nitrogens with one attached hydrogen (secondary N) is 1. The minimum absolute atomic E-state index is 0.102. The predicted octanol–water partition coefficient (Wildman–Crippen LogP) is 1.97. The van der Waals surface area contributed by atoms with Crippen LogP contribution in [0.15, 0.2) is 24.3 Å². The number of amides is 1. The molecule has 1 fully saturated rings. The number of ether oxygens (including phenoxy) is 1. The monoisotopic (exact) mass is 262 g/mol. The maximum Gasteiger partial charge on any atom is 0.224 e. The standard InChI is InChI=1S/C15H22N2O2/c1-11(2)19-13-6-4-12(5-7-13)14-10-15(18)17(3)9-8-16-14/h4-7,11,14,16H,8-10H2,1-3H3. The van der Waals surface area contributed by atoms with E-state index in [-0.39, 0.29) is 18.1 Å². The number of nitrogens with zero attached hydrogens (tertiary/aromatic N) is 1. The van der Waals surface area contributed by atoms with E-state index in [9.17, 15) is 4.79 Å². The van der Waals surface area contributed by atoms with Crippen molar-refractivity contribution in [1.82, 2.24) is 10.2 Å². The van der Waals surface area contributed by atoms with Gasteiger partial charge in [0.15, 0.2) is 0 Å². The van der Waals surface area contributed by atoms with E-state index >= 15 is 0 Å². The Morgan fingerprint density at radius 1 is 1.32 bits per heavy atom. The van der Waals surface area contributed by atoms with Crippen LogP contribution in [0.2, 0.25) is 0 Å². The van der Waals surface area contributed by atoms with Gasteiger partial charge in [-0.3, -0.25) is 4.79 Å². The molecule has 1 heterocycles. The summed E-state index contributed by atoms with van der Waals surface area (Å²) < 4.78 is 5.62. The van der Waals surface area contributed by atoms with Crippen molar-refractivity contribution in [3.63, 3.8) is 0 Å². The average Bonchev–Trinajstić information content (AvgIpc) is 2.52. The van der Waals surface area contributed by atoms with Gasteiger partial charge in [0.2, 0.25) is 5.91 Å². The molecule has 1 amide bonds. The minimum atomic E-state index is 0.102. The molecule has 1 unspecified atom stereocenters. The lowest BCUT2D eigenvalue weighted by Crippen LogP contribution is -2.27. The van der Waals surface area contributed by atoms with Crippen LogP contribution < -0.4 is 10.1 Å². The Morgan fingerprint density at radius 2 is 2.00 bits per heavy atom. The van der Waals surface area contributed by atoms with Gasteiger partial charge in [0, 0.05) is 32.6 Å². The Morgan fingerprint density at radius 3 is 2.63 bits per heavy atom. The van der Waals surface area contributed by atoms with E-state index in [1.807, 2.05) is 45.2 Å². The molecular weight excluding hydrogens is 240 g/mol. The molecule has 2 rings (SSSR count). The quantitative estimate of drug-likeness (QED) is 0.905. The summed E-state index contributed by atoms with van der Waals surface area (Å²) in [6, 6.07) is 8.11. The summed E-state index contributed by atoms with van der Waals surface area (Å²) in [5, 5.41) is 3.42. The first kappa shape index (κ1) is 13.9. The molecule has 19 heavy (non-hydrogen) atoms. The van der Waals surface area contributed by atoms with E-state index in [2.05, 4.69) is 5.32 Å². The molecule has 1 aromatic carbocycles. The molecule has 0 aromatic heterocycles. The fraction of sp³-hybridized carbons (Fsp3) is 0.533. The summed E-state index contributed by atoms with van der Waals surface area (Å²) >= 11 is 0. The zero-order valence-corrected chi connectivity index (χ0v) is 11.8. The van der Waals surface area contributed by atoms with E-state index in [1.54, 1.807) is 4.90 Å². The lowest BCUT2D eigenvalue weighted by molar-refractivity contribution is -0.129. The van der Waals surface area contributed by atoms with Crippen molar-refractivity contribution in [1.29, 1.82) is 0 Å². The predicted molar refractivity (Wildman–Crippen MR) is 75.2 cm³/mol. The molecular formula is C15H22N2O2. The number of likely N-dealkylation sites (N-methyl/N-ethyl adjacent to an activating group) is 1. The van der Waals surface area contributed by atoms with E-state index < -0.39 is 0 Å². The molecule has 1 saturated heterocycles. The van der Waals surface area contributed by atoms with Crippen LogP contribution in [0.1, 0.15) is 31.9 Å². The second kappa shape index (κ2) is 6.06. The molecule has 104 valence electrons. The largest absolute Gasteiger partial charge is 0.491 e. The zero-order chi connectivity index (χ0) is 13.8. The molecule has 4 heteroatoms. The summed E-state index contributed by atoms with van der Waals surface area (Å²) in [6.07, 6.45) is 0.693. The molecule has 4 nitrogen and oxygen atoms in total. The van der Waals surface area contributed by atoms with Crippen molar-refractivity contribution in [3.05, 3.63) is 29.8 Å². The van der Waals surface area contributed by atoms with Gasteiger partial charge < -0.3 is 15.0 Å². The van der Waals surface area contributed by atoms with Crippen LogP contribution in [-0.4, -0.2) is 37.0 Å². The fourth-order valence-electron chi connectivity index (χ4n) is 2.22. The SMILES string of the molecule is CC(C)Oc1ccc(C2CC(=O)N(C)CCN2)cc1. The summed E-state index contributed by atoms with van der Waals surface area (Å²) in [7, 11) is 1.85. The molecule has 1 N–H and O–H groups in total. The van der Waals surface area contributed by atoms with E-state index in [0.717, 1.165) is 24.4 Å². The van der Waals surface area contributed by atoms with Crippen LogP contribution >= 0.6 is 0 Å². The molecule has 1 aromatic rings. The smallest absolute Gasteiger partial charge is 0.224 e. The van der Waals surface area contributed by atoms with Crippen molar-refractivity contribution < 1.29 is 9.53 Å². The van der Waals surface area contributed by atoms with Crippen LogP contribution in [-0.2, 0) is 4.79 Å². The molecule has 1 aliphatic rings. The van der Waals surface area contributed by atoms with Crippen LogP contribution in [0.5, 0.6) is 5.75 Å². The third-order valence-corrected chi connectivity index (χ3v) is 3.30. The maximum absolute atomic E-state index is 11.9. The van der Waals surface area contributed by atoms with Gasteiger partial charge in [-0.05, 0) is 31.5 Å². The Kier molecular flexibility index (Phi) is 4.43. The van der Waals surface area contributed by atoms with Crippen LogP contribution in [0.4, 0.5) is 0 Å². The van der Waals surface area contributed by atoms with Gasteiger partial charge in [0.1, 0.15) is 5.75 Å². The number of hydrogen-bond donors (Lipinski definition) is 1. The first-order valence-corrected chi connectivity index (χ1v) is 6.80. The Hall–Kier alpha value is -1.55. The number of hydrogen-bond acceptors (Lipinski definition) is 3. The molecule has 0 spiro atoms. The highest BCUT2D eigenvalue weighted by molar-refractivity contribution is 5.77. The molecule has 0 aliphatic carbocycles. The van der Waals surface area contributed by atoms with E-state index in [4.69, 9.17) is 4.74 Å². The van der Waals surface area contributed by atoms with Crippen molar-refractivity contribution in [3.8, 4) is 5.75 Å². The molecule has 1 atom stereocenters. The summed E-state index contributed by atoms with van der Waals surface area (Å²) in [4.78, 5) is 13.7. The Balaban J connectivity index is 2.06. The first-order chi connectivity index (χ1) is 9.06. The van der Waals surface area contributed by atoms with Gasteiger partial charge in [-0.2, -0.15) is 0 Å². The first-order valence-electron chi connectivity index (χ1n) is 6.80. The second-order valence-electron chi connectivity index (χ2n) is 5.26. The summed E-state index contributed by atoms with van der Waals surface area (Å²) in [5.74, 6) is 1.06.